The molecule has 0 aromatic rings. The van der Waals surface area contributed by atoms with Crippen LogP contribution in [0, 0.1) is 5.92 Å². The summed E-state index contributed by atoms with van der Waals surface area (Å²) in [6.45, 7) is 8.14. The van der Waals surface area contributed by atoms with Crippen LogP contribution in [0.15, 0.2) is 0 Å². The molecule has 1 atom stereocenters. The number of nitrogens with zero attached hydrogens (tertiary/aromatic N) is 1. The molecule has 0 aliphatic carbocycles. The van der Waals surface area contributed by atoms with Crippen LogP contribution < -0.4 is 5.32 Å². The van der Waals surface area contributed by atoms with Crippen molar-refractivity contribution in [1.29, 1.82) is 0 Å². The first-order chi connectivity index (χ1) is 8.67. The molecule has 18 heavy (non-hydrogen) atoms. The number of rotatable bonds is 7. The summed E-state index contributed by atoms with van der Waals surface area (Å²) in [5.41, 5.74) is 0. The van der Waals surface area contributed by atoms with Crippen molar-refractivity contribution in [3.05, 3.63) is 0 Å². The van der Waals surface area contributed by atoms with Crippen molar-refractivity contribution >= 4 is 5.91 Å². The SMILES string of the molecule is CCC(CC)C(=O)NCC(O)CN1CCOCC1. The van der Waals surface area contributed by atoms with Crippen LogP contribution in [0.5, 0.6) is 0 Å². The highest BCUT2D eigenvalue weighted by Crippen LogP contribution is 2.07. The van der Waals surface area contributed by atoms with Crippen LogP contribution in [-0.4, -0.2) is 61.4 Å². The fourth-order valence-corrected chi connectivity index (χ4v) is 2.17. The maximum Gasteiger partial charge on any atom is 0.223 e. The van der Waals surface area contributed by atoms with Gasteiger partial charge in [-0.3, -0.25) is 9.69 Å². The lowest BCUT2D eigenvalue weighted by Gasteiger charge is -2.28. The fourth-order valence-electron chi connectivity index (χ4n) is 2.17. The van der Waals surface area contributed by atoms with Crippen LogP contribution in [0.2, 0.25) is 0 Å². The number of amides is 1. The number of nitrogens with one attached hydrogen (secondary N) is 1. The molecule has 1 aliphatic rings. The zero-order valence-corrected chi connectivity index (χ0v) is 11.5. The van der Waals surface area contributed by atoms with Gasteiger partial charge in [0.2, 0.25) is 5.91 Å². The summed E-state index contributed by atoms with van der Waals surface area (Å²) in [6.07, 6.45) is 1.20. The van der Waals surface area contributed by atoms with Crippen LogP contribution in [0.25, 0.3) is 0 Å². The van der Waals surface area contributed by atoms with Gasteiger partial charge in [0, 0.05) is 32.1 Å². The van der Waals surface area contributed by atoms with Crippen molar-refractivity contribution in [2.45, 2.75) is 32.8 Å². The van der Waals surface area contributed by atoms with Crippen molar-refractivity contribution in [3.8, 4) is 0 Å². The Morgan fingerprint density at radius 3 is 2.50 bits per heavy atom. The van der Waals surface area contributed by atoms with Crippen molar-refractivity contribution in [2.75, 3.05) is 39.4 Å². The van der Waals surface area contributed by atoms with Gasteiger partial charge in [-0.25, -0.2) is 0 Å². The van der Waals surface area contributed by atoms with E-state index < -0.39 is 6.10 Å². The second-order valence-corrected chi connectivity index (χ2v) is 4.83. The molecule has 0 bridgehead atoms. The van der Waals surface area contributed by atoms with E-state index in [9.17, 15) is 9.90 Å². The van der Waals surface area contributed by atoms with Gasteiger partial charge in [0.05, 0.1) is 19.3 Å². The number of aliphatic hydroxyl groups excluding tert-OH is 1. The van der Waals surface area contributed by atoms with Crippen molar-refractivity contribution < 1.29 is 14.6 Å². The minimum Gasteiger partial charge on any atom is -0.390 e. The minimum absolute atomic E-state index is 0.0565. The molecule has 0 spiro atoms. The smallest absolute Gasteiger partial charge is 0.223 e. The minimum atomic E-state index is -0.499. The van der Waals surface area contributed by atoms with Crippen molar-refractivity contribution in [1.82, 2.24) is 10.2 Å². The predicted molar refractivity (Wildman–Crippen MR) is 70.3 cm³/mol. The van der Waals surface area contributed by atoms with E-state index in [0.29, 0.717) is 13.1 Å². The summed E-state index contributed by atoms with van der Waals surface area (Å²) in [5, 5.41) is 12.7. The Balaban J connectivity index is 2.19. The van der Waals surface area contributed by atoms with Gasteiger partial charge in [-0.05, 0) is 12.8 Å². The molecule has 1 saturated heterocycles. The number of ether oxygens (including phenoxy) is 1. The van der Waals surface area contributed by atoms with E-state index in [-0.39, 0.29) is 11.8 Å². The summed E-state index contributed by atoms with van der Waals surface area (Å²) in [4.78, 5) is 13.9. The number of aliphatic hydroxyl groups is 1. The molecule has 5 nitrogen and oxygen atoms in total. The molecule has 1 aliphatic heterocycles. The molecular weight excluding hydrogens is 232 g/mol. The molecular formula is C13H26N2O3. The highest BCUT2D eigenvalue weighted by Gasteiger charge is 2.17. The van der Waals surface area contributed by atoms with E-state index in [2.05, 4.69) is 10.2 Å². The Hall–Kier alpha value is -0.650. The summed E-state index contributed by atoms with van der Waals surface area (Å²) in [7, 11) is 0. The molecule has 0 aromatic heterocycles. The molecule has 106 valence electrons. The Morgan fingerprint density at radius 1 is 1.33 bits per heavy atom. The Morgan fingerprint density at radius 2 is 1.94 bits per heavy atom. The second kappa shape index (κ2) is 8.45. The normalized spacial score (nSPS) is 18.9. The quantitative estimate of drug-likeness (QED) is 0.686. The van der Waals surface area contributed by atoms with Gasteiger partial charge in [0.1, 0.15) is 0 Å². The number of hydrogen-bond donors (Lipinski definition) is 2. The van der Waals surface area contributed by atoms with E-state index >= 15 is 0 Å². The lowest BCUT2D eigenvalue weighted by Crippen LogP contribution is -2.45. The average molecular weight is 258 g/mol. The van der Waals surface area contributed by atoms with E-state index in [0.717, 1.165) is 39.1 Å². The number of carbonyl (C=O) groups is 1. The zero-order valence-electron chi connectivity index (χ0n) is 11.5. The summed E-state index contributed by atoms with van der Waals surface area (Å²) < 4.78 is 5.25. The molecule has 1 heterocycles. The van der Waals surface area contributed by atoms with Gasteiger partial charge in [0.25, 0.3) is 0 Å². The van der Waals surface area contributed by atoms with Crippen LogP contribution >= 0.6 is 0 Å². The average Bonchev–Trinajstić information content (AvgIpc) is 2.39. The van der Waals surface area contributed by atoms with Gasteiger partial charge >= 0.3 is 0 Å². The molecule has 5 heteroatoms. The van der Waals surface area contributed by atoms with E-state index in [1.807, 2.05) is 13.8 Å². The third kappa shape index (κ3) is 5.33. The highest BCUT2D eigenvalue weighted by molar-refractivity contribution is 5.78. The highest BCUT2D eigenvalue weighted by atomic mass is 16.5. The lowest BCUT2D eigenvalue weighted by molar-refractivity contribution is -0.125. The Kier molecular flexibility index (Phi) is 7.23. The first-order valence-electron chi connectivity index (χ1n) is 6.93. The van der Waals surface area contributed by atoms with Crippen LogP contribution in [0.1, 0.15) is 26.7 Å². The first-order valence-corrected chi connectivity index (χ1v) is 6.93. The topological polar surface area (TPSA) is 61.8 Å². The monoisotopic (exact) mass is 258 g/mol. The number of carbonyl (C=O) groups excluding carboxylic acids is 1. The second-order valence-electron chi connectivity index (χ2n) is 4.83. The number of β-amino-alcohol motifs (C(OH)–C–C–N with tert-alkyl or cyclic N) is 1. The van der Waals surface area contributed by atoms with Gasteiger partial charge < -0.3 is 15.2 Å². The predicted octanol–water partition coefficient (Wildman–Crippen LogP) is 0.232. The number of morpholine rings is 1. The number of hydrogen-bond acceptors (Lipinski definition) is 4. The molecule has 1 fully saturated rings. The van der Waals surface area contributed by atoms with Gasteiger partial charge in [-0.15, -0.1) is 0 Å². The van der Waals surface area contributed by atoms with Gasteiger partial charge in [-0.2, -0.15) is 0 Å². The summed E-state index contributed by atoms with van der Waals surface area (Å²) in [5.74, 6) is 0.126. The van der Waals surface area contributed by atoms with Crippen molar-refractivity contribution in [2.24, 2.45) is 5.92 Å². The molecule has 2 N–H and O–H groups in total. The van der Waals surface area contributed by atoms with Crippen LogP contribution in [0.4, 0.5) is 0 Å². The molecule has 1 rings (SSSR count). The maximum atomic E-state index is 11.7. The maximum absolute atomic E-state index is 11.7. The van der Waals surface area contributed by atoms with Crippen LogP contribution in [-0.2, 0) is 9.53 Å². The van der Waals surface area contributed by atoms with Crippen LogP contribution in [0.3, 0.4) is 0 Å². The first kappa shape index (κ1) is 15.4. The summed E-state index contributed by atoms with van der Waals surface area (Å²) >= 11 is 0. The third-order valence-corrected chi connectivity index (χ3v) is 3.44. The Bertz CT molecular complexity index is 238. The summed E-state index contributed by atoms with van der Waals surface area (Å²) in [6, 6.07) is 0. The standard InChI is InChI=1S/C13H26N2O3/c1-3-11(4-2)13(17)14-9-12(16)10-15-5-7-18-8-6-15/h11-12,16H,3-10H2,1-2H3,(H,14,17). The van der Waals surface area contributed by atoms with Crippen molar-refractivity contribution in [3.63, 3.8) is 0 Å². The lowest BCUT2D eigenvalue weighted by atomic mass is 10.0. The van der Waals surface area contributed by atoms with E-state index in [4.69, 9.17) is 4.74 Å². The van der Waals surface area contributed by atoms with E-state index in [1.165, 1.54) is 0 Å². The van der Waals surface area contributed by atoms with E-state index in [1.54, 1.807) is 0 Å². The zero-order chi connectivity index (χ0) is 13.4. The molecule has 0 aromatic carbocycles. The largest absolute Gasteiger partial charge is 0.390 e. The molecule has 0 saturated carbocycles. The van der Waals surface area contributed by atoms with Gasteiger partial charge in [-0.1, -0.05) is 13.8 Å². The Labute approximate surface area is 109 Å². The van der Waals surface area contributed by atoms with Gasteiger partial charge in [0.15, 0.2) is 0 Å². The third-order valence-electron chi connectivity index (χ3n) is 3.44. The fraction of sp³-hybridized carbons (Fsp3) is 0.923. The molecule has 1 amide bonds. The molecule has 1 unspecified atom stereocenters. The molecule has 0 radical (unpaired) electrons.